The van der Waals surface area contributed by atoms with Crippen molar-refractivity contribution in [3.05, 3.63) is 71.7 Å². The molecule has 2 heterocycles. The summed E-state index contributed by atoms with van der Waals surface area (Å²) < 4.78 is 11.5. The number of aliphatic hydroxyl groups is 1. The third kappa shape index (κ3) is 4.25. The number of ether oxygens (including phenoxy) is 1. The first kappa shape index (κ1) is 23.4. The lowest BCUT2D eigenvalue weighted by molar-refractivity contribution is -0.144. The molecule has 1 aromatic carbocycles. The summed E-state index contributed by atoms with van der Waals surface area (Å²) >= 11 is 0. The average Bonchev–Trinajstić information content (AvgIpc) is 3.47. The first-order valence-electron chi connectivity index (χ1n) is 12.8. The van der Waals surface area contributed by atoms with Crippen molar-refractivity contribution < 1.29 is 19.1 Å². The van der Waals surface area contributed by atoms with Gasteiger partial charge in [-0.25, -0.2) is 0 Å². The maximum Gasteiger partial charge on any atom is 0.311 e. The van der Waals surface area contributed by atoms with Crippen LogP contribution in [0.5, 0.6) is 0 Å². The van der Waals surface area contributed by atoms with Crippen LogP contribution in [0, 0.1) is 23.2 Å². The van der Waals surface area contributed by atoms with Gasteiger partial charge in [-0.1, -0.05) is 55.8 Å². The fraction of sp³-hybridized carbons (Fsp3) is 0.552. The average molecular weight is 464 g/mol. The zero-order valence-electron chi connectivity index (χ0n) is 20.3. The van der Waals surface area contributed by atoms with Crippen LogP contribution in [0.15, 0.2) is 64.8 Å². The molecule has 1 saturated heterocycles. The van der Waals surface area contributed by atoms with Crippen molar-refractivity contribution in [1.82, 2.24) is 5.32 Å². The monoisotopic (exact) mass is 463 g/mol. The van der Waals surface area contributed by atoms with Gasteiger partial charge in [0.2, 0.25) is 0 Å². The van der Waals surface area contributed by atoms with E-state index in [9.17, 15) is 9.90 Å². The van der Waals surface area contributed by atoms with Gasteiger partial charge in [-0.3, -0.25) is 4.79 Å². The Morgan fingerprint density at radius 3 is 2.79 bits per heavy atom. The second-order valence-corrected chi connectivity index (χ2v) is 10.7. The summed E-state index contributed by atoms with van der Waals surface area (Å²) in [6.45, 7) is 5.74. The van der Waals surface area contributed by atoms with Crippen LogP contribution in [0.1, 0.15) is 56.8 Å². The number of esters is 1. The SMILES string of the molecule is CC1CCC=C2CC3OC(=O)C(CNCCC(Cc4ccccc4)c4ccco4)C3C(O)C21C. The van der Waals surface area contributed by atoms with Gasteiger partial charge in [0.1, 0.15) is 11.9 Å². The zero-order valence-corrected chi connectivity index (χ0v) is 20.3. The Bertz CT molecular complexity index is 1000. The quantitative estimate of drug-likeness (QED) is 0.332. The second-order valence-electron chi connectivity index (χ2n) is 10.7. The molecule has 2 aromatic rings. The number of furan rings is 1. The molecular formula is C29H37NO4. The van der Waals surface area contributed by atoms with E-state index in [1.165, 1.54) is 11.1 Å². The Morgan fingerprint density at radius 2 is 2.03 bits per heavy atom. The van der Waals surface area contributed by atoms with Crippen molar-refractivity contribution in [2.24, 2.45) is 23.2 Å². The molecule has 2 aliphatic carbocycles. The Kier molecular flexibility index (Phi) is 6.67. The van der Waals surface area contributed by atoms with Crippen molar-refractivity contribution in [3.8, 4) is 0 Å². The van der Waals surface area contributed by atoms with E-state index in [0.717, 1.165) is 44.4 Å². The Balaban J connectivity index is 1.22. The molecule has 0 bridgehead atoms. The highest BCUT2D eigenvalue weighted by molar-refractivity contribution is 5.76. The van der Waals surface area contributed by atoms with Crippen molar-refractivity contribution in [3.63, 3.8) is 0 Å². The molecule has 0 radical (unpaired) electrons. The number of rotatable bonds is 8. The standard InChI is InChI=1S/C29H37NO4/c1-19-8-6-11-22-17-25-26(27(31)29(19,22)2)23(28(32)34-25)18-30-14-13-21(24-12-7-15-33-24)16-20-9-4-3-5-10-20/h3-5,7,9-12,15,19,21,23,25-27,30-31H,6,8,13-14,16-18H2,1-2H3. The third-order valence-electron chi connectivity index (χ3n) is 8.87. The summed E-state index contributed by atoms with van der Waals surface area (Å²) in [5.41, 5.74) is 2.31. The molecule has 5 rings (SSSR count). The molecule has 7 atom stereocenters. The Labute approximate surface area is 202 Å². The topological polar surface area (TPSA) is 71.7 Å². The van der Waals surface area contributed by atoms with Crippen LogP contribution in [0.25, 0.3) is 0 Å². The molecular weight excluding hydrogens is 426 g/mol. The maximum absolute atomic E-state index is 12.8. The number of carbonyl (C=O) groups excluding carboxylic acids is 1. The van der Waals surface area contributed by atoms with Gasteiger partial charge in [-0.05, 0) is 55.8 Å². The van der Waals surface area contributed by atoms with E-state index in [1.54, 1.807) is 6.26 Å². The highest BCUT2D eigenvalue weighted by Gasteiger charge is 2.59. The summed E-state index contributed by atoms with van der Waals surface area (Å²) in [4.78, 5) is 12.8. The van der Waals surface area contributed by atoms with Gasteiger partial charge in [0, 0.05) is 30.2 Å². The molecule has 5 heteroatoms. The first-order valence-corrected chi connectivity index (χ1v) is 12.8. The normalized spacial score (nSPS) is 33.6. The molecule has 1 aromatic heterocycles. The number of hydrogen-bond acceptors (Lipinski definition) is 5. The van der Waals surface area contributed by atoms with Gasteiger partial charge in [-0.2, -0.15) is 0 Å². The van der Waals surface area contributed by atoms with Gasteiger partial charge in [-0.15, -0.1) is 0 Å². The highest BCUT2D eigenvalue weighted by atomic mass is 16.6. The lowest BCUT2D eigenvalue weighted by Gasteiger charge is -2.51. The lowest BCUT2D eigenvalue weighted by Crippen LogP contribution is -2.54. The minimum atomic E-state index is -0.556. The van der Waals surface area contributed by atoms with Crippen LogP contribution in [0.3, 0.4) is 0 Å². The number of benzene rings is 1. The fourth-order valence-electron chi connectivity index (χ4n) is 6.60. The van der Waals surface area contributed by atoms with Gasteiger partial charge in [0.15, 0.2) is 0 Å². The molecule has 3 aliphatic rings. The molecule has 182 valence electrons. The molecule has 1 saturated carbocycles. The van der Waals surface area contributed by atoms with Crippen LogP contribution >= 0.6 is 0 Å². The number of allylic oxidation sites excluding steroid dienone is 1. The molecule has 0 amide bonds. The number of fused-ring (bicyclic) bond motifs is 2. The van der Waals surface area contributed by atoms with E-state index >= 15 is 0 Å². The minimum Gasteiger partial charge on any atom is -0.469 e. The van der Waals surface area contributed by atoms with Gasteiger partial charge in [0.05, 0.1) is 18.3 Å². The molecule has 34 heavy (non-hydrogen) atoms. The summed E-state index contributed by atoms with van der Waals surface area (Å²) in [7, 11) is 0. The van der Waals surface area contributed by atoms with Crippen LogP contribution in [-0.2, 0) is 16.0 Å². The van der Waals surface area contributed by atoms with Crippen molar-refractivity contribution in [2.75, 3.05) is 13.1 Å². The smallest absolute Gasteiger partial charge is 0.311 e. The van der Waals surface area contributed by atoms with E-state index in [-0.39, 0.29) is 35.2 Å². The Morgan fingerprint density at radius 1 is 1.21 bits per heavy atom. The minimum absolute atomic E-state index is 0.145. The van der Waals surface area contributed by atoms with Crippen molar-refractivity contribution in [2.45, 2.75) is 64.1 Å². The van der Waals surface area contributed by atoms with E-state index in [0.29, 0.717) is 12.5 Å². The largest absolute Gasteiger partial charge is 0.469 e. The molecule has 0 spiro atoms. The van der Waals surface area contributed by atoms with Gasteiger partial charge < -0.3 is 19.6 Å². The predicted octanol–water partition coefficient (Wildman–Crippen LogP) is 4.87. The van der Waals surface area contributed by atoms with Gasteiger partial charge in [0.25, 0.3) is 0 Å². The van der Waals surface area contributed by atoms with E-state index in [2.05, 4.69) is 49.5 Å². The van der Waals surface area contributed by atoms with E-state index in [4.69, 9.17) is 9.15 Å². The maximum atomic E-state index is 12.8. The summed E-state index contributed by atoms with van der Waals surface area (Å²) in [6, 6.07) is 14.5. The highest BCUT2D eigenvalue weighted by Crippen LogP contribution is 2.55. The molecule has 2 N–H and O–H groups in total. The van der Waals surface area contributed by atoms with E-state index < -0.39 is 6.10 Å². The van der Waals surface area contributed by atoms with Gasteiger partial charge >= 0.3 is 5.97 Å². The zero-order chi connectivity index (χ0) is 23.7. The van der Waals surface area contributed by atoms with Crippen molar-refractivity contribution >= 4 is 5.97 Å². The van der Waals surface area contributed by atoms with Crippen molar-refractivity contribution in [1.29, 1.82) is 0 Å². The third-order valence-corrected chi connectivity index (χ3v) is 8.87. The molecule has 5 nitrogen and oxygen atoms in total. The second kappa shape index (κ2) is 9.71. The van der Waals surface area contributed by atoms with Crippen LogP contribution in [-0.4, -0.2) is 36.4 Å². The lowest BCUT2D eigenvalue weighted by atomic mass is 9.55. The van der Waals surface area contributed by atoms with Crippen LogP contribution in [0.4, 0.5) is 0 Å². The predicted molar refractivity (Wildman–Crippen MR) is 131 cm³/mol. The number of aliphatic hydroxyl groups excluding tert-OH is 1. The summed E-state index contributed by atoms with van der Waals surface area (Å²) in [5.74, 6) is 1.05. The summed E-state index contributed by atoms with van der Waals surface area (Å²) in [6.07, 6.45) is 7.97. The Hall–Kier alpha value is -2.37. The number of carbonyl (C=O) groups is 1. The summed E-state index contributed by atoms with van der Waals surface area (Å²) in [5, 5.41) is 15.0. The van der Waals surface area contributed by atoms with Crippen LogP contribution < -0.4 is 5.32 Å². The molecule has 2 fully saturated rings. The fourth-order valence-corrected chi connectivity index (χ4v) is 6.60. The van der Waals surface area contributed by atoms with E-state index in [1.807, 2.05) is 18.2 Å². The number of hydrogen-bond donors (Lipinski definition) is 2. The first-order chi connectivity index (χ1) is 16.5. The van der Waals surface area contributed by atoms with Crippen LogP contribution in [0.2, 0.25) is 0 Å². The molecule has 1 aliphatic heterocycles. The molecule has 7 unspecified atom stereocenters. The number of nitrogens with one attached hydrogen (secondary N) is 1.